The van der Waals surface area contributed by atoms with Crippen molar-refractivity contribution in [2.24, 2.45) is 5.73 Å². The van der Waals surface area contributed by atoms with Crippen LogP contribution >= 0.6 is 12.4 Å². The molecule has 2 aromatic carbocycles. The molecule has 1 amide bonds. The monoisotopic (exact) mass is 465 g/mol. The molecular weight excluding hydrogens is 448 g/mol. The van der Waals surface area contributed by atoms with Crippen molar-refractivity contribution < 1.29 is 31.1 Å². The first-order valence-corrected chi connectivity index (χ1v) is 8.80. The van der Waals surface area contributed by atoms with E-state index in [0.29, 0.717) is 28.6 Å². The summed E-state index contributed by atoms with van der Waals surface area (Å²) in [5, 5.41) is 0.652. The number of hydrogen-bond acceptors (Lipinski definition) is 2. The van der Waals surface area contributed by atoms with E-state index in [4.69, 9.17) is 11.5 Å². The van der Waals surface area contributed by atoms with E-state index in [1.807, 2.05) is 0 Å². The number of nitrogens with zero attached hydrogens (tertiary/aromatic N) is 1. The molecule has 1 heterocycles. The number of hydrogen-bond donors (Lipinski definition) is 2. The molecule has 11 heteroatoms. The molecule has 168 valence electrons. The van der Waals surface area contributed by atoms with Gasteiger partial charge in [0.05, 0.1) is 16.6 Å². The molecule has 0 spiro atoms. The Morgan fingerprint density at radius 2 is 1.48 bits per heavy atom. The minimum atomic E-state index is -4.94. The SMILES string of the molecule is Cl.NC(=O)CCc1c(N)n(Cc2cc(C(F)(F)F)cc(C(F)(F)F)c2)c2ccccc12. The van der Waals surface area contributed by atoms with E-state index in [1.54, 1.807) is 24.3 Å². The minimum Gasteiger partial charge on any atom is -0.385 e. The van der Waals surface area contributed by atoms with Crippen molar-refractivity contribution in [3.63, 3.8) is 0 Å². The van der Waals surface area contributed by atoms with Crippen LogP contribution in [0.15, 0.2) is 42.5 Å². The average molecular weight is 466 g/mol. The van der Waals surface area contributed by atoms with Crippen LogP contribution in [0.4, 0.5) is 32.2 Å². The van der Waals surface area contributed by atoms with Gasteiger partial charge in [-0.1, -0.05) is 18.2 Å². The number of nitrogens with two attached hydrogens (primary N) is 2. The maximum absolute atomic E-state index is 13.1. The number of aryl methyl sites for hydroxylation is 1. The first-order chi connectivity index (χ1) is 13.9. The summed E-state index contributed by atoms with van der Waals surface area (Å²) in [5.41, 5.74) is 9.45. The van der Waals surface area contributed by atoms with Gasteiger partial charge in [-0.3, -0.25) is 4.79 Å². The van der Waals surface area contributed by atoms with Gasteiger partial charge >= 0.3 is 12.4 Å². The van der Waals surface area contributed by atoms with Crippen molar-refractivity contribution in [2.75, 3.05) is 5.73 Å². The summed E-state index contributed by atoms with van der Waals surface area (Å²) in [4.78, 5) is 11.1. The van der Waals surface area contributed by atoms with E-state index in [-0.39, 0.29) is 49.2 Å². The predicted octanol–water partition coefficient (Wildman–Crippen LogP) is 5.15. The molecule has 0 bridgehead atoms. The number of aromatic nitrogens is 1. The largest absolute Gasteiger partial charge is 0.416 e. The minimum absolute atomic E-state index is 0. The second-order valence-electron chi connectivity index (χ2n) is 6.85. The summed E-state index contributed by atoms with van der Waals surface area (Å²) in [6.07, 6.45) is -9.68. The number of amides is 1. The Labute approximate surface area is 179 Å². The molecule has 0 radical (unpaired) electrons. The first-order valence-electron chi connectivity index (χ1n) is 8.80. The van der Waals surface area contributed by atoms with Crippen LogP contribution in [0.25, 0.3) is 10.9 Å². The van der Waals surface area contributed by atoms with E-state index in [9.17, 15) is 31.1 Å². The van der Waals surface area contributed by atoms with Crippen LogP contribution in [0.3, 0.4) is 0 Å². The number of carbonyl (C=O) groups excluding carboxylic acids is 1. The maximum atomic E-state index is 13.1. The van der Waals surface area contributed by atoms with E-state index in [1.165, 1.54) is 4.57 Å². The van der Waals surface area contributed by atoms with Crippen molar-refractivity contribution in [1.82, 2.24) is 4.57 Å². The lowest BCUT2D eigenvalue weighted by molar-refractivity contribution is -0.143. The molecule has 0 saturated heterocycles. The number of alkyl halides is 6. The van der Waals surface area contributed by atoms with Crippen LogP contribution in [0.1, 0.15) is 28.7 Å². The highest BCUT2D eigenvalue weighted by atomic mass is 35.5. The molecule has 1 aromatic heterocycles. The summed E-state index contributed by atoms with van der Waals surface area (Å²) in [6.45, 7) is -0.310. The number of nitrogen functional groups attached to an aromatic ring is 1. The lowest BCUT2D eigenvalue weighted by Crippen LogP contribution is -2.14. The molecule has 0 saturated carbocycles. The number of halogens is 7. The Balaban J connectivity index is 0.00000341. The molecule has 3 rings (SSSR count). The Hall–Kier alpha value is -2.88. The van der Waals surface area contributed by atoms with E-state index >= 15 is 0 Å². The van der Waals surface area contributed by atoms with Crippen LogP contribution in [0.5, 0.6) is 0 Å². The van der Waals surface area contributed by atoms with E-state index in [2.05, 4.69) is 0 Å². The topological polar surface area (TPSA) is 74.0 Å². The number of primary amides is 1. The van der Waals surface area contributed by atoms with Crippen LogP contribution in [0.2, 0.25) is 0 Å². The Bertz CT molecular complexity index is 1070. The third-order valence-electron chi connectivity index (χ3n) is 4.73. The summed E-state index contributed by atoms with van der Waals surface area (Å²) < 4.78 is 80.3. The number of benzene rings is 2. The number of carbonyl (C=O) groups is 1. The average Bonchev–Trinajstić information content (AvgIpc) is 2.90. The quantitative estimate of drug-likeness (QED) is 0.511. The Morgan fingerprint density at radius 1 is 0.935 bits per heavy atom. The zero-order chi connectivity index (χ0) is 22.3. The highest BCUT2D eigenvalue weighted by molar-refractivity contribution is 5.90. The van der Waals surface area contributed by atoms with Crippen LogP contribution in [-0.2, 0) is 30.1 Å². The lowest BCUT2D eigenvalue weighted by atomic mass is 10.0. The van der Waals surface area contributed by atoms with Crippen LogP contribution in [0, 0.1) is 0 Å². The summed E-state index contributed by atoms with van der Waals surface area (Å²) >= 11 is 0. The first kappa shape index (κ1) is 24.4. The van der Waals surface area contributed by atoms with Gasteiger partial charge in [-0.25, -0.2) is 0 Å². The van der Waals surface area contributed by atoms with Gasteiger partial charge in [0.15, 0.2) is 0 Å². The number of anilines is 1. The zero-order valence-corrected chi connectivity index (χ0v) is 16.7. The van der Waals surface area contributed by atoms with Crippen molar-refractivity contribution in [2.45, 2.75) is 31.7 Å². The van der Waals surface area contributed by atoms with Gasteiger partial charge in [-0.2, -0.15) is 26.3 Å². The summed E-state index contributed by atoms with van der Waals surface area (Å²) in [7, 11) is 0. The standard InChI is InChI=1S/C20H17F6N3O.ClH/c21-19(22,23)12-7-11(8-13(9-12)20(24,25)26)10-29-16-4-2-1-3-14(16)15(18(29)28)5-6-17(27)30;/h1-4,7-9H,5-6,10,28H2,(H2,27,30);1H. The molecule has 4 nitrogen and oxygen atoms in total. The van der Waals surface area contributed by atoms with Crippen LogP contribution in [-0.4, -0.2) is 10.5 Å². The maximum Gasteiger partial charge on any atom is 0.416 e. The van der Waals surface area contributed by atoms with Gasteiger partial charge in [0, 0.05) is 23.9 Å². The molecule has 0 atom stereocenters. The highest BCUT2D eigenvalue weighted by Crippen LogP contribution is 2.37. The van der Waals surface area contributed by atoms with Crippen molar-refractivity contribution in [1.29, 1.82) is 0 Å². The second kappa shape index (κ2) is 8.70. The number of rotatable bonds is 5. The van der Waals surface area contributed by atoms with Gasteiger partial charge in [-0.15, -0.1) is 12.4 Å². The fourth-order valence-corrected chi connectivity index (χ4v) is 3.37. The predicted molar refractivity (Wildman–Crippen MR) is 107 cm³/mol. The van der Waals surface area contributed by atoms with Gasteiger partial charge in [0.2, 0.25) is 5.91 Å². The summed E-state index contributed by atoms with van der Waals surface area (Å²) in [6, 6.07) is 8.18. The van der Waals surface area contributed by atoms with E-state index in [0.717, 1.165) is 0 Å². The normalized spacial score (nSPS) is 12.1. The van der Waals surface area contributed by atoms with Gasteiger partial charge in [0.25, 0.3) is 0 Å². The van der Waals surface area contributed by atoms with Gasteiger partial charge in [0.1, 0.15) is 5.82 Å². The van der Waals surface area contributed by atoms with E-state index < -0.39 is 29.4 Å². The fraction of sp³-hybridized carbons (Fsp3) is 0.250. The molecule has 0 aliphatic rings. The number of para-hydroxylation sites is 1. The Morgan fingerprint density at radius 3 is 2.00 bits per heavy atom. The van der Waals surface area contributed by atoms with Crippen molar-refractivity contribution in [3.8, 4) is 0 Å². The molecule has 0 unspecified atom stereocenters. The van der Waals surface area contributed by atoms with Crippen LogP contribution < -0.4 is 11.5 Å². The van der Waals surface area contributed by atoms with Crippen molar-refractivity contribution in [3.05, 3.63) is 64.7 Å². The van der Waals surface area contributed by atoms with Gasteiger partial charge in [-0.05, 0) is 36.2 Å². The number of fused-ring (bicyclic) bond motifs is 1. The van der Waals surface area contributed by atoms with Crippen molar-refractivity contribution >= 4 is 35.0 Å². The molecule has 0 aliphatic carbocycles. The molecule has 0 aliphatic heterocycles. The molecule has 0 fully saturated rings. The second-order valence-corrected chi connectivity index (χ2v) is 6.85. The fourth-order valence-electron chi connectivity index (χ4n) is 3.37. The zero-order valence-electron chi connectivity index (χ0n) is 15.8. The molecule has 3 aromatic rings. The molecular formula is C20H18ClF6N3O. The smallest absolute Gasteiger partial charge is 0.385 e. The third-order valence-corrected chi connectivity index (χ3v) is 4.73. The highest BCUT2D eigenvalue weighted by Gasteiger charge is 2.37. The summed E-state index contributed by atoms with van der Waals surface area (Å²) in [5.74, 6) is -0.401. The third kappa shape index (κ3) is 5.25. The van der Waals surface area contributed by atoms with Gasteiger partial charge < -0.3 is 16.0 Å². The Kier molecular flexibility index (Phi) is 6.84. The molecule has 31 heavy (non-hydrogen) atoms. The molecule has 4 N–H and O–H groups in total. The lowest BCUT2D eigenvalue weighted by Gasteiger charge is -2.15.